The van der Waals surface area contributed by atoms with Gasteiger partial charge in [-0.25, -0.2) is 0 Å². The second-order valence-corrected chi connectivity index (χ2v) is 5.98. The molecule has 110 valence electrons. The Morgan fingerprint density at radius 2 is 2.05 bits per heavy atom. The molecule has 2 fully saturated rings. The highest BCUT2D eigenvalue weighted by Gasteiger charge is 2.28. The van der Waals surface area contributed by atoms with Crippen LogP contribution in [0.15, 0.2) is 23.1 Å². The number of hydrogen-bond acceptors (Lipinski definition) is 4. The minimum atomic E-state index is 0.0375. The van der Waals surface area contributed by atoms with Crippen molar-refractivity contribution in [1.29, 1.82) is 0 Å². The summed E-state index contributed by atoms with van der Waals surface area (Å²) in [5.41, 5.74) is 6.44. The number of fused-ring (bicyclic) bond motifs is 1. The van der Waals surface area contributed by atoms with Crippen molar-refractivity contribution in [3.8, 4) is 0 Å². The molecule has 3 rings (SSSR count). The van der Waals surface area contributed by atoms with Gasteiger partial charge in [-0.3, -0.25) is 14.6 Å². The summed E-state index contributed by atoms with van der Waals surface area (Å²) in [4.78, 5) is 16.9. The van der Waals surface area contributed by atoms with E-state index in [1.54, 1.807) is 22.9 Å². The molecule has 2 saturated heterocycles. The van der Waals surface area contributed by atoms with E-state index < -0.39 is 0 Å². The van der Waals surface area contributed by atoms with Gasteiger partial charge < -0.3 is 10.3 Å². The fourth-order valence-corrected chi connectivity index (χ4v) is 3.40. The van der Waals surface area contributed by atoms with Gasteiger partial charge in [-0.15, -0.1) is 0 Å². The summed E-state index contributed by atoms with van der Waals surface area (Å²) in [6, 6.07) is 3.95. The number of pyridine rings is 1. The molecule has 5 heteroatoms. The summed E-state index contributed by atoms with van der Waals surface area (Å²) >= 11 is 0. The van der Waals surface area contributed by atoms with Crippen LogP contribution in [0.5, 0.6) is 0 Å². The molecule has 0 amide bonds. The first-order chi connectivity index (χ1) is 9.72. The molecule has 5 nitrogen and oxygen atoms in total. The van der Waals surface area contributed by atoms with Crippen molar-refractivity contribution in [2.45, 2.75) is 31.8 Å². The number of rotatable bonds is 3. The quantitative estimate of drug-likeness (QED) is 0.878. The molecule has 1 atom stereocenters. The lowest BCUT2D eigenvalue weighted by atomic mass is 9.99. The zero-order valence-corrected chi connectivity index (χ0v) is 12.0. The fraction of sp³-hybridized carbons (Fsp3) is 0.667. The maximum Gasteiger partial charge on any atom is 0.250 e. The summed E-state index contributed by atoms with van der Waals surface area (Å²) < 4.78 is 1.72. The van der Waals surface area contributed by atoms with Crippen LogP contribution in [0, 0.1) is 0 Å². The number of piperidine rings is 1. The summed E-state index contributed by atoms with van der Waals surface area (Å²) in [5.74, 6) is 0. The minimum absolute atomic E-state index is 0.0375. The van der Waals surface area contributed by atoms with E-state index in [0.717, 1.165) is 32.2 Å². The van der Waals surface area contributed by atoms with Crippen LogP contribution < -0.4 is 11.3 Å². The van der Waals surface area contributed by atoms with Crippen LogP contribution in [-0.4, -0.2) is 53.1 Å². The van der Waals surface area contributed by atoms with E-state index in [4.69, 9.17) is 5.73 Å². The topological polar surface area (TPSA) is 54.5 Å². The highest BCUT2D eigenvalue weighted by molar-refractivity contribution is 5.33. The Bertz CT molecular complexity index is 513. The number of nitrogens with two attached hydrogens (primary N) is 1. The summed E-state index contributed by atoms with van der Waals surface area (Å²) in [6.07, 6.45) is 5.80. The van der Waals surface area contributed by atoms with Gasteiger partial charge in [0.2, 0.25) is 0 Å². The zero-order valence-electron chi connectivity index (χ0n) is 12.0. The van der Waals surface area contributed by atoms with Crippen LogP contribution in [0.2, 0.25) is 0 Å². The third-order valence-electron chi connectivity index (χ3n) is 4.58. The number of anilines is 1. The molecule has 0 bridgehead atoms. The van der Waals surface area contributed by atoms with Gasteiger partial charge >= 0.3 is 0 Å². The zero-order chi connectivity index (χ0) is 13.9. The van der Waals surface area contributed by atoms with Crippen LogP contribution in [0.4, 0.5) is 5.69 Å². The Morgan fingerprint density at radius 1 is 1.15 bits per heavy atom. The van der Waals surface area contributed by atoms with Crippen molar-refractivity contribution in [2.24, 2.45) is 0 Å². The van der Waals surface area contributed by atoms with Gasteiger partial charge in [-0.05, 0) is 25.5 Å². The van der Waals surface area contributed by atoms with E-state index in [2.05, 4.69) is 9.80 Å². The van der Waals surface area contributed by atoms with Crippen LogP contribution in [0.3, 0.4) is 0 Å². The Morgan fingerprint density at radius 3 is 2.95 bits per heavy atom. The maximum atomic E-state index is 11.8. The highest BCUT2D eigenvalue weighted by atomic mass is 16.1. The average molecular weight is 276 g/mol. The third kappa shape index (κ3) is 3.04. The Labute approximate surface area is 120 Å². The standard InChI is InChI=1S/C15H24N4O/c16-13-4-5-15(20)19(11-13)10-8-17-7-9-18-6-2-1-3-14(18)12-17/h4-5,11,14H,1-3,6-10,12,16H2. The summed E-state index contributed by atoms with van der Waals surface area (Å²) in [6.45, 7) is 6.39. The van der Waals surface area contributed by atoms with Crippen LogP contribution in [0.1, 0.15) is 19.3 Å². The first kappa shape index (κ1) is 13.6. The van der Waals surface area contributed by atoms with Crippen LogP contribution >= 0.6 is 0 Å². The molecule has 20 heavy (non-hydrogen) atoms. The van der Waals surface area contributed by atoms with Gasteiger partial charge in [0.25, 0.3) is 5.56 Å². The number of hydrogen-bond donors (Lipinski definition) is 1. The molecule has 2 aliphatic rings. The Kier molecular flexibility index (Phi) is 4.08. The van der Waals surface area contributed by atoms with Gasteiger partial charge in [0.05, 0.1) is 0 Å². The van der Waals surface area contributed by atoms with Crippen molar-refractivity contribution in [3.63, 3.8) is 0 Å². The largest absolute Gasteiger partial charge is 0.398 e. The van der Waals surface area contributed by atoms with Crippen molar-refractivity contribution < 1.29 is 0 Å². The van der Waals surface area contributed by atoms with Crippen LogP contribution in [-0.2, 0) is 6.54 Å². The molecular formula is C15H24N4O. The summed E-state index contributed by atoms with van der Waals surface area (Å²) in [5, 5.41) is 0. The fourth-order valence-electron chi connectivity index (χ4n) is 3.40. The van der Waals surface area contributed by atoms with Gasteiger partial charge in [0, 0.05) is 56.7 Å². The van der Waals surface area contributed by atoms with Crippen molar-refractivity contribution in [1.82, 2.24) is 14.4 Å². The van der Waals surface area contributed by atoms with E-state index in [-0.39, 0.29) is 5.56 Å². The molecule has 0 aliphatic carbocycles. The van der Waals surface area contributed by atoms with Gasteiger partial charge in [-0.1, -0.05) is 6.42 Å². The van der Waals surface area contributed by atoms with Gasteiger partial charge in [0.15, 0.2) is 0 Å². The van der Waals surface area contributed by atoms with Crippen molar-refractivity contribution >= 4 is 5.69 Å². The third-order valence-corrected chi connectivity index (χ3v) is 4.58. The van der Waals surface area contributed by atoms with E-state index in [1.165, 1.54) is 32.4 Å². The predicted molar refractivity (Wildman–Crippen MR) is 80.8 cm³/mol. The molecule has 0 saturated carbocycles. The first-order valence-corrected chi connectivity index (χ1v) is 7.65. The van der Waals surface area contributed by atoms with Gasteiger partial charge in [-0.2, -0.15) is 0 Å². The second kappa shape index (κ2) is 5.97. The molecule has 2 N–H and O–H groups in total. The number of nitrogen functional groups attached to an aromatic ring is 1. The molecule has 0 radical (unpaired) electrons. The first-order valence-electron chi connectivity index (χ1n) is 7.65. The molecule has 1 unspecified atom stereocenters. The molecule has 1 aromatic heterocycles. The highest BCUT2D eigenvalue weighted by Crippen LogP contribution is 2.20. The van der Waals surface area contributed by atoms with E-state index in [9.17, 15) is 4.79 Å². The molecular weight excluding hydrogens is 252 g/mol. The SMILES string of the molecule is Nc1ccc(=O)n(CCN2CCN3CCCCC3C2)c1. The second-order valence-electron chi connectivity index (χ2n) is 5.98. The lowest BCUT2D eigenvalue weighted by Crippen LogP contribution is -2.55. The normalized spacial score (nSPS) is 24.5. The van der Waals surface area contributed by atoms with Gasteiger partial charge in [0.1, 0.15) is 0 Å². The molecule has 0 aromatic carbocycles. The number of piperazine rings is 1. The van der Waals surface area contributed by atoms with Crippen molar-refractivity contribution in [2.75, 3.05) is 38.5 Å². The lowest BCUT2D eigenvalue weighted by Gasteiger charge is -2.44. The average Bonchev–Trinajstić information content (AvgIpc) is 2.48. The van der Waals surface area contributed by atoms with E-state index >= 15 is 0 Å². The maximum absolute atomic E-state index is 11.8. The number of aromatic nitrogens is 1. The molecule has 0 spiro atoms. The summed E-state index contributed by atoms with van der Waals surface area (Å²) in [7, 11) is 0. The molecule has 2 aliphatic heterocycles. The van der Waals surface area contributed by atoms with E-state index in [1.807, 2.05) is 0 Å². The number of nitrogens with zero attached hydrogens (tertiary/aromatic N) is 3. The monoisotopic (exact) mass is 276 g/mol. The van der Waals surface area contributed by atoms with E-state index in [0.29, 0.717) is 5.69 Å². The smallest absolute Gasteiger partial charge is 0.250 e. The Balaban J connectivity index is 1.56. The Hall–Kier alpha value is -1.33. The predicted octanol–water partition coefficient (Wildman–Crippen LogP) is 0.601. The van der Waals surface area contributed by atoms with Crippen LogP contribution in [0.25, 0.3) is 0 Å². The molecule has 3 heterocycles. The molecule has 1 aromatic rings. The lowest BCUT2D eigenvalue weighted by molar-refractivity contribution is 0.0477. The minimum Gasteiger partial charge on any atom is -0.398 e. The van der Waals surface area contributed by atoms with Crippen molar-refractivity contribution in [3.05, 3.63) is 28.7 Å².